The summed E-state index contributed by atoms with van der Waals surface area (Å²) in [5.41, 5.74) is 8.43. The molecular formula is C18H26N2O. The van der Waals surface area contributed by atoms with Crippen LogP contribution in [0.15, 0.2) is 30.5 Å². The molecule has 0 amide bonds. The second-order valence-electron chi connectivity index (χ2n) is 6.03. The van der Waals surface area contributed by atoms with Crippen molar-refractivity contribution in [2.45, 2.75) is 51.2 Å². The van der Waals surface area contributed by atoms with Crippen LogP contribution in [0, 0.1) is 0 Å². The molecule has 1 aliphatic rings. The van der Waals surface area contributed by atoms with Gasteiger partial charge in [0.15, 0.2) is 0 Å². The van der Waals surface area contributed by atoms with Crippen LogP contribution in [-0.4, -0.2) is 23.8 Å². The maximum Gasteiger partial charge on any atom is 0.0593 e. The second-order valence-corrected chi connectivity index (χ2v) is 6.03. The molecule has 2 N–H and O–H groups in total. The van der Waals surface area contributed by atoms with E-state index in [0.29, 0.717) is 6.10 Å². The zero-order valence-electron chi connectivity index (χ0n) is 12.8. The zero-order chi connectivity index (χ0) is 14.5. The van der Waals surface area contributed by atoms with Crippen LogP contribution in [0.1, 0.15) is 37.7 Å². The summed E-state index contributed by atoms with van der Waals surface area (Å²) in [7, 11) is 0. The smallest absolute Gasteiger partial charge is 0.0593 e. The van der Waals surface area contributed by atoms with Crippen LogP contribution in [0.4, 0.5) is 0 Å². The SMILES string of the molecule is NCCCCc1cn(CCC2CCCO2)c2ccccc12. The lowest BCUT2D eigenvalue weighted by molar-refractivity contribution is 0.101. The molecule has 1 aromatic carbocycles. The molecule has 21 heavy (non-hydrogen) atoms. The van der Waals surface area contributed by atoms with Gasteiger partial charge >= 0.3 is 0 Å². The first kappa shape index (κ1) is 14.6. The van der Waals surface area contributed by atoms with E-state index >= 15 is 0 Å². The molecular weight excluding hydrogens is 260 g/mol. The van der Waals surface area contributed by atoms with E-state index in [0.717, 1.165) is 39.0 Å². The summed E-state index contributed by atoms with van der Waals surface area (Å²) < 4.78 is 8.16. The summed E-state index contributed by atoms with van der Waals surface area (Å²) in [4.78, 5) is 0. The zero-order valence-corrected chi connectivity index (χ0v) is 12.8. The van der Waals surface area contributed by atoms with Crippen molar-refractivity contribution in [1.29, 1.82) is 0 Å². The molecule has 1 fully saturated rings. The Morgan fingerprint density at radius 1 is 1.24 bits per heavy atom. The summed E-state index contributed by atoms with van der Waals surface area (Å²) in [5.74, 6) is 0. The van der Waals surface area contributed by atoms with Crippen LogP contribution in [0.25, 0.3) is 10.9 Å². The van der Waals surface area contributed by atoms with E-state index in [9.17, 15) is 0 Å². The van der Waals surface area contributed by atoms with Gasteiger partial charge in [-0.2, -0.15) is 0 Å². The van der Waals surface area contributed by atoms with Gasteiger partial charge in [-0.15, -0.1) is 0 Å². The summed E-state index contributed by atoms with van der Waals surface area (Å²) in [6.07, 6.45) is 9.80. The predicted molar refractivity (Wildman–Crippen MR) is 87.5 cm³/mol. The van der Waals surface area contributed by atoms with Crippen LogP contribution in [0.2, 0.25) is 0 Å². The van der Waals surface area contributed by atoms with Gasteiger partial charge in [-0.1, -0.05) is 18.2 Å². The highest BCUT2D eigenvalue weighted by Gasteiger charge is 2.16. The number of unbranched alkanes of at least 4 members (excludes halogenated alkanes) is 1. The van der Waals surface area contributed by atoms with Gasteiger partial charge in [0.2, 0.25) is 0 Å². The first-order valence-electron chi connectivity index (χ1n) is 8.27. The first-order chi connectivity index (χ1) is 10.4. The largest absolute Gasteiger partial charge is 0.378 e. The van der Waals surface area contributed by atoms with Crippen molar-refractivity contribution < 1.29 is 4.74 Å². The van der Waals surface area contributed by atoms with E-state index in [1.165, 1.54) is 35.7 Å². The van der Waals surface area contributed by atoms with Crippen LogP contribution < -0.4 is 5.73 Å². The number of aromatic nitrogens is 1. The third-order valence-corrected chi connectivity index (χ3v) is 4.49. The molecule has 2 heterocycles. The molecule has 1 saturated heterocycles. The van der Waals surface area contributed by atoms with Gasteiger partial charge < -0.3 is 15.0 Å². The average Bonchev–Trinajstić information content (AvgIpc) is 3.14. The first-order valence-corrected chi connectivity index (χ1v) is 8.27. The standard InChI is InChI=1S/C18H26N2O/c19-11-4-3-6-15-14-20(12-10-16-7-5-13-21-16)18-9-2-1-8-17(15)18/h1-2,8-9,14,16H,3-7,10-13,19H2. The summed E-state index contributed by atoms with van der Waals surface area (Å²) in [6, 6.07) is 8.75. The molecule has 3 rings (SSSR count). The van der Waals surface area contributed by atoms with Crippen LogP contribution in [0.3, 0.4) is 0 Å². The Hall–Kier alpha value is -1.32. The lowest BCUT2D eigenvalue weighted by Crippen LogP contribution is -2.09. The number of nitrogens with two attached hydrogens (primary N) is 1. The number of hydrogen-bond acceptors (Lipinski definition) is 2. The minimum Gasteiger partial charge on any atom is -0.378 e. The van der Waals surface area contributed by atoms with Crippen molar-refractivity contribution in [2.24, 2.45) is 5.73 Å². The topological polar surface area (TPSA) is 40.2 Å². The Kier molecular flexibility index (Phi) is 4.94. The molecule has 1 aromatic heterocycles. The van der Waals surface area contributed by atoms with Gasteiger partial charge in [0.05, 0.1) is 6.10 Å². The fraction of sp³-hybridized carbons (Fsp3) is 0.556. The molecule has 1 atom stereocenters. The van der Waals surface area contributed by atoms with Gasteiger partial charge in [-0.25, -0.2) is 0 Å². The minimum atomic E-state index is 0.465. The second kappa shape index (κ2) is 7.10. The molecule has 3 nitrogen and oxygen atoms in total. The minimum absolute atomic E-state index is 0.465. The van der Waals surface area contributed by atoms with Crippen LogP contribution in [0.5, 0.6) is 0 Å². The number of rotatable bonds is 7. The Balaban J connectivity index is 1.74. The Morgan fingerprint density at radius 2 is 2.14 bits per heavy atom. The average molecular weight is 286 g/mol. The fourth-order valence-electron chi connectivity index (χ4n) is 3.32. The van der Waals surface area contributed by atoms with E-state index in [2.05, 4.69) is 35.0 Å². The molecule has 0 bridgehead atoms. The van der Waals surface area contributed by atoms with Crippen molar-refractivity contribution in [3.8, 4) is 0 Å². The van der Waals surface area contributed by atoms with Crippen molar-refractivity contribution in [3.63, 3.8) is 0 Å². The van der Waals surface area contributed by atoms with Gasteiger partial charge in [0, 0.05) is 30.3 Å². The molecule has 0 spiro atoms. The molecule has 3 heteroatoms. The quantitative estimate of drug-likeness (QED) is 0.791. The fourth-order valence-corrected chi connectivity index (χ4v) is 3.32. The van der Waals surface area contributed by atoms with Crippen LogP contribution >= 0.6 is 0 Å². The number of para-hydroxylation sites is 1. The maximum absolute atomic E-state index is 5.75. The molecule has 2 aromatic rings. The summed E-state index contributed by atoms with van der Waals surface area (Å²) >= 11 is 0. The van der Waals surface area contributed by atoms with Crippen molar-refractivity contribution in [2.75, 3.05) is 13.2 Å². The van der Waals surface area contributed by atoms with Crippen molar-refractivity contribution >= 4 is 10.9 Å². The van der Waals surface area contributed by atoms with E-state index < -0.39 is 0 Å². The van der Waals surface area contributed by atoms with Gasteiger partial charge in [0.1, 0.15) is 0 Å². The van der Waals surface area contributed by atoms with Gasteiger partial charge in [-0.05, 0) is 56.7 Å². The van der Waals surface area contributed by atoms with E-state index in [4.69, 9.17) is 10.5 Å². The Bertz CT molecular complexity index is 570. The summed E-state index contributed by atoms with van der Waals surface area (Å²) in [6.45, 7) is 2.79. The normalized spacial score (nSPS) is 18.6. The molecule has 0 aliphatic carbocycles. The number of hydrogen-bond donors (Lipinski definition) is 1. The number of benzene rings is 1. The highest BCUT2D eigenvalue weighted by molar-refractivity contribution is 5.83. The third kappa shape index (κ3) is 3.47. The summed E-state index contributed by atoms with van der Waals surface area (Å²) in [5, 5.41) is 1.40. The molecule has 0 radical (unpaired) electrons. The monoisotopic (exact) mass is 286 g/mol. The van der Waals surface area contributed by atoms with Crippen molar-refractivity contribution in [3.05, 3.63) is 36.0 Å². The highest BCUT2D eigenvalue weighted by atomic mass is 16.5. The molecule has 1 aliphatic heterocycles. The maximum atomic E-state index is 5.75. The predicted octanol–water partition coefficient (Wildman–Crippen LogP) is 3.49. The van der Waals surface area contributed by atoms with Crippen molar-refractivity contribution in [1.82, 2.24) is 4.57 Å². The molecule has 1 unspecified atom stereocenters. The van der Waals surface area contributed by atoms with E-state index in [-0.39, 0.29) is 0 Å². The van der Waals surface area contributed by atoms with Crippen LogP contribution in [-0.2, 0) is 17.7 Å². The molecule has 114 valence electrons. The van der Waals surface area contributed by atoms with E-state index in [1.807, 2.05) is 0 Å². The Morgan fingerprint density at radius 3 is 2.95 bits per heavy atom. The highest BCUT2D eigenvalue weighted by Crippen LogP contribution is 2.24. The van der Waals surface area contributed by atoms with Gasteiger partial charge in [0.25, 0.3) is 0 Å². The van der Waals surface area contributed by atoms with E-state index in [1.54, 1.807) is 0 Å². The number of aryl methyl sites for hydroxylation is 2. The Labute approximate surface area is 127 Å². The third-order valence-electron chi connectivity index (χ3n) is 4.49. The molecule has 0 saturated carbocycles. The number of nitrogens with zero attached hydrogens (tertiary/aromatic N) is 1. The number of ether oxygens (including phenoxy) is 1. The number of fused-ring (bicyclic) bond motifs is 1. The lowest BCUT2D eigenvalue weighted by atomic mass is 10.1. The lowest BCUT2D eigenvalue weighted by Gasteiger charge is -2.10. The van der Waals surface area contributed by atoms with Gasteiger partial charge in [-0.3, -0.25) is 0 Å².